The van der Waals surface area contributed by atoms with Crippen LogP contribution in [0, 0.1) is 11.8 Å². The Labute approximate surface area is 187 Å². The zero-order valence-corrected chi connectivity index (χ0v) is 19.5. The molecule has 5 heteroatoms. The van der Waals surface area contributed by atoms with Gasteiger partial charge >= 0.3 is 0 Å². The molecule has 1 fully saturated rings. The van der Waals surface area contributed by atoms with Crippen molar-refractivity contribution in [2.75, 3.05) is 32.1 Å². The smallest absolute Gasteiger partial charge is 0.224 e. The predicted molar refractivity (Wildman–Crippen MR) is 129 cm³/mol. The van der Waals surface area contributed by atoms with E-state index < -0.39 is 0 Å². The quantitative estimate of drug-likeness (QED) is 0.456. The molecule has 170 valence electrons. The number of piperidine rings is 1. The van der Waals surface area contributed by atoms with Crippen LogP contribution in [0.4, 0.5) is 5.69 Å². The first-order valence-corrected chi connectivity index (χ1v) is 12.1. The van der Waals surface area contributed by atoms with Gasteiger partial charge < -0.3 is 15.0 Å². The molecule has 0 spiro atoms. The summed E-state index contributed by atoms with van der Waals surface area (Å²) in [6, 6.07) is 7.63. The maximum absolute atomic E-state index is 12.9. The van der Waals surface area contributed by atoms with Crippen molar-refractivity contribution in [3.8, 4) is 5.75 Å². The van der Waals surface area contributed by atoms with Crippen LogP contribution in [0.15, 0.2) is 30.5 Å². The summed E-state index contributed by atoms with van der Waals surface area (Å²) in [4.78, 5) is 19.9. The third kappa shape index (κ3) is 6.67. The van der Waals surface area contributed by atoms with Gasteiger partial charge in [-0.2, -0.15) is 0 Å². The van der Waals surface area contributed by atoms with Gasteiger partial charge in [0, 0.05) is 24.5 Å². The van der Waals surface area contributed by atoms with E-state index in [1.54, 1.807) is 13.3 Å². The highest BCUT2D eigenvalue weighted by Crippen LogP contribution is 2.31. The number of methoxy groups -OCH3 is 1. The number of carbonyl (C=O) groups excluding carboxylic acids is 1. The molecule has 3 rings (SSSR count). The van der Waals surface area contributed by atoms with Crippen LogP contribution in [0.2, 0.25) is 0 Å². The second-order valence-electron chi connectivity index (χ2n) is 8.93. The van der Waals surface area contributed by atoms with Gasteiger partial charge in [-0.05, 0) is 62.0 Å². The lowest BCUT2D eigenvalue weighted by atomic mass is 9.81. The van der Waals surface area contributed by atoms with Gasteiger partial charge in [-0.3, -0.25) is 9.78 Å². The summed E-state index contributed by atoms with van der Waals surface area (Å²) in [5.74, 6) is 1.93. The highest BCUT2D eigenvalue weighted by molar-refractivity contribution is 6.01. The lowest BCUT2D eigenvalue weighted by molar-refractivity contribution is -0.118. The molecule has 1 aliphatic heterocycles. The Hall–Kier alpha value is -2.14. The molecule has 1 aromatic heterocycles. The van der Waals surface area contributed by atoms with Gasteiger partial charge in [0.05, 0.1) is 18.3 Å². The molecule has 0 aliphatic carbocycles. The second kappa shape index (κ2) is 12.0. The fraction of sp³-hybridized carbons (Fsp3) is 0.615. The van der Waals surface area contributed by atoms with Crippen molar-refractivity contribution in [3.05, 3.63) is 30.5 Å². The van der Waals surface area contributed by atoms with Gasteiger partial charge in [-0.25, -0.2) is 0 Å². The molecule has 1 aliphatic rings. The minimum Gasteiger partial charge on any atom is -0.497 e. The predicted octanol–water partition coefficient (Wildman–Crippen LogP) is 5.89. The van der Waals surface area contributed by atoms with Crippen LogP contribution in [0.3, 0.4) is 0 Å². The SMILES string of the molecule is CCCCCCCN1CCC(CC(=O)Nc2ccnc3ccc(OC)cc23)C(CC)C1. The number of rotatable bonds is 11. The summed E-state index contributed by atoms with van der Waals surface area (Å²) in [7, 11) is 1.65. The van der Waals surface area contributed by atoms with Crippen LogP contribution in [0.5, 0.6) is 5.75 Å². The maximum atomic E-state index is 12.9. The molecule has 1 aromatic carbocycles. The average molecular weight is 426 g/mol. The standard InChI is InChI=1S/C26H39N3O2/c1-4-6-7-8-9-15-29-16-13-21(20(5-2)19-29)17-26(30)28-25-12-14-27-24-11-10-22(31-3)18-23(24)25/h10-12,14,18,20-21H,4-9,13,15-17,19H2,1-3H3,(H,27,28,30). The number of hydrogen-bond donors (Lipinski definition) is 1. The summed E-state index contributed by atoms with van der Waals surface area (Å²) >= 11 is 0. The molecule has 0 bridgehead atoms. The highest BCUT2D eigenvalue weighted by Gasteiger charge is 2.29. The number of aromatic nitrogens is 1. The minimum atomic E-state index is 0.104. The fourth-order valence-electron chi connectivity index (χ4n) is 4.83. The molecule has 0 radical (unpaired) electrons. The largest absolute Gasteiger partial charge is 0.497 e. The van der Waals surface area contributed by atoms with E-state index in [9.17, 15) is 4.79 Å². The molecule has 1 amide bonds. The number of amides is 1. The summed E-state index contributed by atoms with van der Waals surface area (Å²) in [6.45, 7) is 8.00. The molecule has 0 saturated carbocycles. The second-order valence-corrected chi connectivity index (χ2v) is 8.93. The number of unbranched alkanes of at least 4 members (excludes halogenated alkanes) is 4. The molecule has 2 atom stereocenters. The van der Waals surface area contributed by atoms with Crippen molar-refractivity contribution in [2.24, 2.45) is 11.8 Å². The molecule has 1 N–H and O–H groups in total. The molecular formula is C26H39N3O2. The van der Waals surface area contributed by atoms with Crippen molar-refractivity contribution >= 4 is 22.5 Å². The summed E-state index contributed by atoms with van der Waals surface area (Å²) in [6.07, 6.45) is 11.3. The average Bonchev–Trinajstić information content (AvgIpc) is 2.79. The molecule has 2 aromatic rings. The number of nitrogens with one attached hydrogen (secondary N) is 1. The van der Waals surface area contributed by atoms with Crippen LogP contribution in [-0.4, -0.2) is 42.5 Å². The highest BCUT2D eigenvalue weighted by atomic mass is 16.5. The number of carbonyl (C=O) groups is 1. The number of fused-ring (bicyclic) bond motifs is 1. The first-order chi connectivity index (χ1) is 15.1. The van der Waals surface area contributed by atoms with E-state index in [1.165, 1.54) is 38.6 Å². The molecular weight excluding hydrogens is 386 g/mol. The number of likely N-dealkylation sites (tertiary alicyclic amines) is 1. The Morgan fingerprint density at radius 1 is 1.16 bits per heavy atom. The van der Waals surface area contributed by atoms with Gasteiger partial charge in [0.25, 0.3) is 0 Å². The maximum Gasteiger partial charge on any atom is 0.224 e. The van der Waals surface area contributed by atoms with Crippen LogP contribution in [0.25, 0.3) is 10.9 Å². The topological polar surface area (TPSA) is 54.5 Å². The molecule has 2 unspecified atom stereocenters. The van der Waals surface area contributed by atoms with Crippen molar-refractivity contribution in [1.82, 2.24) is 9.88 Å². The van der Waals surface area contributed by atoms with E-state index in [0.717, 1.165) is 48.3 Å². The Kier molecular flexibility index (Phi) is 9.13. The zero-order chi connectivity index (χ0) is 22.1. The first-order valence-electron chi connectivity index (χ1n) is 12.1. The van der Waals surface area contributed by atoms with Crippen molar-refractivity contribution in [2.45, 2.75) is 65.2 Å². The van der Waals surface area contributed by atoms with Gasteiger partial charge in [0.15, 0.2) is 0 Å². The van der Waals surface area contributed by atoms with Gasteiger partial charge in [-0.1, -0.05) is 46.0 Å². The number of anilines is 1. The zero-order valence-electron chi connectivity index (χ0n) is 19.5. The van der Waals surface area contributed by atoms with Crippen molar-refractivity contribution in [1.29, 1.82) is 0 Å². The van der Waals surface area contributed by atoms with Gasteiger partial charge in [-0.15, -0.1) is 0 Å². The van der Waals surface area contributed by atoms with Crippen molar-refractivity contribution in [3.63, 3.8) is 0 Å². The van der Waals surface area contributed by atoms with E-state index in [4.69, 9.17) is 4.74 Å². The van der Waals surface area contributed by atoms with E-state index in [0.29, 0.717) is 18.3 Å². The number of ether oxygens (including phenoxy) is 1. The monoisotopic (exact) mass is 425 g/mol. The van der Waals surface area contributed by atoms with Crippen LogP contribution < -0.4 is 10.1 Å². The Morgan fingerprint density at radius 3 is 2.77 bits per heavy atom. The Morgan fingerprint density at radius 2 is 2.00 bits per heavy atom. The number of pyridine rings is 1. The molecule has 5 nitrogen and oxygen atoms in total. The third-order valence-electron chi connectivity index (χ3n) is 6.75. The Bertz CT molecular complexity index is 839. The van der Waals surface area contributed by atoms with E-state index in [2.05, 4.69) is 29.0 Å². The number of nitrogens with zero attached hydrogens (tertiary/aromatic N) is 2. The lowest BCUT2D eigenvalue weighted by Crippen LogP contribution is -2.41. The van der Waals surface area contributed by atoms with E-state index >= 15 is 0 Å². The normalized spacial score (nSPS) is 19.5. The minimum absolute atomic E-state index is 0.104. The van der Waals surface area contributed by atoms with Crippen LogP contribution >= 0.6 is 0 Å². The number of benzene rings is 1. The molecule has 1 saturated heterocycles. The van der Waals surface area contributed by atoms with Crippen molar-refractivity contribution < 1.29 is 9.53 Å². The summed E-state index contributed by atoms with van der Waals surface area (Å²) < 4.78 is 5.34. The van der Waals surface area contributed by atoms with E-state index in [1.807, 2.05) is 24.3 Å². The lowest BCUT2D eigenvalue weighted by Gasteiger charge is -2.38. The number of hydrogen-bond acceptors (Lipinski definition) is 4. The molecule has 2 heterocycles. The van der Waals surface area contributed by atoms with Crippen LogP contribution in [0.1, 0.15) is 65.2 Å². The summed E-state index contributed by atoms with van der Waals surface area (Å²) in [5, 5.41) is 4.06. The first kappa shape index (κ1) is 23.5. The van der Waals surface area contributed by atoms with Crippen LogP contribution in [-0.2, 0) is 4.79 Å². The fourth-order valence-corrected chi connectivity index (χ4v) is 4.83. The Balaban J connectivity index is 1.54. The van der Waals surface area contributed by atoms with E-state index in [-0.39, 0.29) is 5.91 Å². The third-order valence-corrected chi connectivity index (χ3v) is 6.75. The molecule has 31 heavy (non-hydrogen) atoms. The van der Waals surface area contributed by atoms with Gasteiger partial charge in [0.1, 0.15) is 5.75 Å². The summed E-state index contributed by atoms with van der Waals surface area (Å²) in [5.41, 5.74) is 1.67. The van der Waals surface area contributed by atoms with Gasteiger partial charge in [0.2, 0.25) is 5.91 Å².